The summed E-state index contributed by atoms with van der Waals surface area (Å²) in [5.74, 6) is 2.70. The minimum Gasteiger partial charge on any atom is -0.378 e. The van der Waals surface area contributed by atoms with E-state index in [1.54, 1.807) is 7.11 Å². The second-order valence-corrected chi connectivity index (χ2v) is 10.3. The summed E-state index contributed by atoms with van der Waals surface area (Å²) >= 11 is 0. The molecule has 1 unspecified atom stereocenters. The lowest BCUT2D eigenvalue weighted by molar-refractivity contribution is -0.110. The molecule has 31 heavy (non-hydrogen) atoms. The van der Waals surface area contributed by atoms with E-state index < -0.39 is 0 Å². The Hall–Kier alpha value is -1.73. The van der Waals surface area contributed by atoms with Gasteiger partial charge in [0.1, 0.15) is 11.6 Å². The molecule has 1 aromatic heterocycles. The number of methoxy groups -OCH3 is 1. The first kappa shape index (κ1) is 23.9. The maximum atomic E-state index is 10.6. The fourth-order valence-electron chi connectivity index (χ4n) is 4.80. The van der Waals surface area contributed by atoms with Crippen LogP contribution >= 0.6 is 0 Å². The number of nitrogens with zero attached hydrogens (tertiary/aromatic N) is 4. The van der Waals surface area contributed by atoms with Gasteiger partial charge in [0.05, 0.1) is 12.3 Å². The van der Waals surface area contributed by atoms with Crippen molar-refractivity contribution in [2.24, 2.45) is 5.92 Å². The average Bonchev–Trinajstić information content (AvgIpc) is 2.73. The second kappa shape index (κ2) is 10.7. The van der Waals surface area contributed by atoms with Crippen LogP contribution in [0.2, 0.25) is 0 Å². The van der Waals surface area contributed by atoms with Gasteiger partial charge in [-0.2, -0.15) is 0 Å². The highest BCUT2D eigenvalue weighted by molar-refractivity contribution is 5.46. The van der Waals surface area contributed by atoms with Gasteiger partial charge in [0, 0.05) is 50.3 Å². The standard InChI is InChI=1S/C24H41N5O2/c1-18-15-29(22-14-21(16-31-5)26-23(27-22)24(2,3)4)13-12-28(18)11-10-19-6-8-20(9-7-19)25-17-30/h14,17-20H,6-13,15-16H2,1-5H3,(H,25,30). The summed E-state index contributed by atoms with van der Waals surface area (Å²) in [6.07, 6.45) is 6.84. The molecule has 7 heteroatoms. The Balaban J connectivity index is 1.55. The zero-order valence-electron chi connectivity index (χ0n) is 20.1. The van der Waals surface area contributed by atoms with Gasteiger partial charge >= 0.3 is 0 Å². The van der Waals surface area contributed by atoms with Crippen molar-refractivity contribution < 1.29 is 9.53 Å². The van der Waals surface area contributed by atoms with Crippen molar-refractivity contribution in [3.8, 4) is 0 Å². The molecule has 3 rings (SSSR count). The maximum absolute atomic E-state index is 10.6. The molecule has 0 aromatic carbocycles. The van der Waals surface area contributed by atoms with Gasteiger partial charge in [0.25, 0.3) is 0 Å². The van der Waals surface area contributed by atoms with Crippen LogP contribution in [0.25, 0.3) is 0 Å². The molecule has 1 aliphatic carbocycles. The number of nitrogens with one attached hydrogen (secondary N) is 1. The van der Waals surface area contributed by atoms with Crippen LogP contribution in [-0.4, -0.2) is 66.7 Å². The van der Waals surface area contributed by atoms with Crippen LogP contribution in [0, 0.1) is 5.92 Å². The largest absolute Gasteiger partial charge is 0.378 e. The van der Waals surface area contributed by atoms with Crippen molar-refractivity contribution in [2.45, 2.75) is 83.9 Å². The Labute approximate surface area is 188 Å². The van der Waals surface area contributed by atoms with Gasteiger partial charge in [-0.25, -0.2) is 9.97 Å². The minimum atomic E-state index is -0.0911. The molecule has 7 nitrogen and oxygen atoms in total. The highest BCUT2D eigenvalue weighted by Gasteiger charge is 2.28. The predicted molar refractivity (Wildman–Crippen MR) is 124 cm³/mol. The maximum Gasteiger partial charge on any atom is 0.207 e. The Bertz CT molecular complexity index is 712. The highest BCUT2D eigenvalue weighted by Crippen LogP contribution is 2.28. The van der Waals surface area contributed by atoms with Crippen LogP contribution in [-0.2, 0) is 21.6 Å². The molecule has 1 N–H and O–H groups in total. The van der Waals surface area contributed by atoms with E-state index in [9.17, 15) is 4.79 Å². The normalized spacial score (nSPS) is 25.5. The number of hydrogen-bond acceptors (Lipinski definition) is 6. The monoisotopic (exact) mass is 431 g/mol. The van der Waals surface area contributed by atoms with E-state index in [0.717, 1.165) is 68.7 Å². The number of anilines is 1. The van der Waals surface area contributed by atoms with Crippen LogP contribution in [0.5, 0.6) is 0 Å². The topological polar surface area (TPSA) is 70.6 Å². The molecule has 2 aliphatic rings. The van der Waals surface area contributed by atoms with Crippen LogP contribution in [0.15, 0.2) is 6.07 Å². The summed E-state index contributed by atoms with van der Waals surface area (Å²) < 4.78 is 5.35. The number of carbonyl (C=O) groups excluding carboxylic acids is 1. The zero-order valence-corrected chi connectivity index (χ0v) is 20.1. The number of rotatable bonds is 8. The highest BCUT2D eigenvalue weighted by atomic mass is 16.5. The summed E-state index contributed by atoms with van der Waals surface area (Å²) in [6.45, 7) is 13.5. The third-order valence-corrected chi connectivity index (χ3v) is 6.79. The molecule has 2 heterocycles. The van der Waals surface area contributed by atoms with Gasteiger partial charge in [-0.15, -0.1) is 0 Å². The van der Waals surface area contributed by atoms with Crippen molar-refractivity contribution >= 4 is 12.2 Å². The third-order valence-electron chi connectivity index (χ3n) is 6.79. The van der Waals surface area contributed by atoms with E-state index in [1.165, 1.54) is 19.3 Å². The quantitative estimate of drug-likeness (QED) is 0.638. The molecule has 0 radical (unpaired) electrons. The molecule has 1 aromatic rings. The van der Waals surface area contributed by atoms with Gasteiger partial charge < -0.3 is 15.0 Å². The molecular weight excluding hydrogens is 390 g/mol. The molecule has 1 aliphatic heterocycles. The fraction of sp³-hybridized carbons (Fsp3) is 0.792. The van der Waals surface area contributed by atoms with Gasteiger partial charge in [-0.05, 0) is 51.5 Å². The first-order valence-corrected chi connectivity index (χ1v) is 11.9. The van der Waals surface area contributed by atoms with Crippen LogP contribution in [0.1, 0.15) is 71.3 Å². The van der Waals surface area contributed by atoms with E-state index >= 15 is 0 Å². The van der Waals surface area contributed by atoms with Gasteiger partial charge in [-0.1, -0.05) is 20.8 Å². The van der Waals surface area contributed by atoms with E-state index in [2.05, 4.69) is 48.9 Å². The summed E-state index contributed by atoms with van der Waals surface area (Å²) in [6, 6.07) is 2.98. The molecule has 0 spiro atoms. The molecule has 174 valence electrons. The van der Waals surface area contributed by atoms with Gasteiger partial charge in [-0.3, -0.25) is 9.69 Å². The van der Waals surface area contributed by atoms with Crippen molar-refractivity contribution in [1.29, 1.82) is 0 Å². The number of aromatic nitrogens is 2. The van der Waals surface area contributed by atoms with E-state index in [4.69, 9.17) is 14.7 Å². The first-order chi connectivity index (χ1) is 14.8. The van der Waals surface area contributed by atoms with Crippen molar-refractivity contribution in [3.05, 3.63) is 17.6 Å². The Kier molecular flexibility index (Phi) is 8.28. The smallest absolute Gasteiger partial charge is 0.207 e. The minimum absolute atomic E-state index is 0.0911. The van der Waals surface area contributed by atoms with Gasteiger partial charge in [0.2, 0.25) is 6.41 Å². The van der Waals surface area contributed by atoms with Crippen LogP contribution in [0.3, 0.4) is 0 Å². The van der Waals surface area contributed by atoms with Crippen LogP contribution in [0.4, 0.5) is 5.82 Å². The second-order valence-electron chi connectivity index (χ2n) is 10.3. The lowest BCUT2D eigenvalue weighted by Gasteiger charge is -2.41. The molecule has 1 atom stereocenters. The average molecular weight is 432 g/mol. The van der Waals surface area contributed by atoms with Crippen LogP contribution < -0.4 is 10.2 Å². The molecule has 0 bridgehead atoms. The van der Waals surface area contributed by atoms with E-state index in [1.807, 2.05) is 0 Å². The summed E-state index contributed by atoms with van der Waals surface area (Å²) in [5.41, 5.74) is 0.860. The molecule has 1 saturated heterocycles. The number of ether oxygens (including phenoxy) is 1. The number of amides is 1. The van der Waals surface area contributed by atoms with Gasteiger partial charge in [0.15, 0.2) is 0 Å². The first-order valence-electron chi connectivity index (χ1n) is 11.9. The molecular formula is C24H41N5O2. The third kappa shape index (κ3) is 6.62. The summed E-state index contributed by atoms with van der Waals surface area (Å²) in [5, 5.41) is 2.95. The Morgan fingerprint density at radius 2 is 1.94 bits per heavy atom. The van der Waals surface area contributed by atoms with E-state index in [0.29, 0.717) is 18.7 Å². The Morgan fingerprint density at radius 3 is 2.55 bits per heavy atom. The molecule has 1 amide bonds. The SMILES string of the molecule is COCc1cc(N2CCN(CCC3CCC(NC=O)CC3)C(C)C2)nc(C(C)(C)C)n1. The number of piperazine rings is 1. The summed E-state index contributed by atoms with van der Waals surface area (Å²) in [4.78, 5) is 25.3. The lowest BCUT2D eigenvalue weighted by Crippen LogP contribution is -2.52. The van der Waals surface area contributed by atoms with E-state index in [-0.39, 0.29) is 5.41 Å². The number of carbonyl (C=O) groups is 1. The van der Waals surface area contributed by atoms with Crippen molar-refractivity contribution in [3.63, 3.8) is 0 Å². The summed E-state index contributed by atoms with van der Waals surface area (Å²) in [7, 11) is 1.71. The molecule has 1 saturated carbocycles. The van der Waals surface area contributed by atoms with Crippen molar-refractivity contribution in [1.82, 2.24) is 20.2 Å². The molecule has 2 fully saturated rings. The predicted octanol–water partition coefficient (Wildman–Crippen LogP) is 3.13. The zero-order chi connectivity index (χ0) is 22.4. The lowest BCUT2D eigenvalue weighted by atomic mass is 9.84. The number of hydrogen-bond donors (Lipinski definition) is 1. The van der Waals surface area contributed by atoms with Crippen molar-refractivity contribution in [2.75, 3.05) is 38.2 Å². The Morgan fingerprint density at radius 1 is 1.19 bits per heavy atom. The fourth-order valence-corrected chi connectivity index (χ4v) is 4.80.